The van der Waals surface area contributed by atoms with Crippen LogP contribution in [0.15, 0.2) is 34.5 Å². The Labute approximate surface area is 126 Å². The molecule has 1 aromatic carbocycles. The molecule has 0 saturated heterocycles. The van der Waals surface area contributed by atoms with E-state index in [2.05, 4.69) is 4.98 Å². The Morgan fingerprint density at radius 3 is 2.85 bits per heavy atom. The molecule has 0 bridgehead atoms. The van der Waals surface area contributed by atoms with Gasteiger partial charge in [0.05, 0.1) is 23.4 Å². The van der Waals surface area contributed by atoms with E-state index in [9.17, 15) is 4.79 Å². The number of aromatic nitrogens is 1. The van der Waals surface area contributed by atoms with Crippen molar-refractivity contribution in [2.75, 3.05) is 14.2 Å². The fourth-order valence-electron chi connectivity index (χ4n) is 1.65. The van der Waals surface area contributed by atoms with Crippen LogP contribution in [0.25, 0.3) is 0 Å². The number of amides is 1. The van der Waals surface area contributed by atoms with Gasteiger partial charge in [-0.2, -0.15) is 0 Å². The number of carbonyl (C=O) groups is 1. The van der Waals surface area contributed by atoms with Crippen molar-refractivity contribution in [2.24, 2.45) is 0 Å². The normalized spacial score (nSPS) is 10.6. The maximum absolute atomic E-state index is 12.2. The van der Waals surface area contributed by atoms with Crippen molar-refractivity contribution in [2.45, 2.75) is 17.6 Å². The van der Waals surface area contributed by atoms with E-state index in [0.717, 1.165) is 21.3 Å². The summed E-state index contributed by atoms with van der Waals surface area (Å²) in [7, 11) is 3.08. The average Bonchev–Trinajstić information content (AvgIpc) is 2.89. The molecular weight excluding hydrogens is 292 g/mol. The lowest BCUT2D eigenvalue weighted by atomic mass is 10.2. The molecule has 4 nitrogen and oxygen atoms in total. The van der Waals surface area contributed by atoms with Crippen molar-refractivity contribution in [3.05, 3.63) is 45.9 Å². The van der Waals surface area contributed by atoms with Gasteiger partial charge < -0.3 is 0 Å². The van der Waals surface area contributed by atoms with E-state index in [4.69, 9.17) is 4.84 Å². The number of aryl methyl sites for hydroxylation is 1. The third-order valence-electron chi connectivity index (χ3n) is 2.72. The molecule has 20 heavy (non-hydrogen) atoms. The lowest BCUT2D eigenvalue weighted by Gasteiger charge is -2.15. The van der Waals surface area contributed by atoms with Crippen LogP contribution in [-0.4, -0.2) is 30.1 Å². The summed E-state index contributed by atoms with van der Waals surface area (Å²) in [4.78, 5) is 22.5. The largest absolute Gasteiger partial charge is 0.278 e. The van der Waals surface area contributed by atoms with Crippen molar-refractivity contribution >= 4 is 29.0 Å². The summed E-state index contributed by atoms with van der Waals surface area (Å²) in [5.74, 6) is 0.607. The molecule has 0 atom stereocenters. The van der Waals surface area contributed by atoms with Gasteiger partial charge in [0.2, 0.25) is 0 Å². The first-order valence-corrected chi connectivity index (χ1v) is 7.93. The summed E-state index contributed by atoms with van der Waals surface area (Å²) < 4.78 is 0. The van der Waals surface area contributed by atoms with Crippen LogP contribution in [-0.2, 0) is 10.6 Å². The van der Waals surface area contributed by atoms with E-state index >= 15 is 0 Å². The Hall–Kier alpha value is -1.37. The maximum Gasteiger partial charge on any atom is 0.278 e. The Morgan fingerprint density at radius 2 is 2.20 bits per heavy atom. The zero-order chi connectivity index (χ0) is 14.5. The van der Waals surface area contributed by atoms with Crippen LogP contribution in [0.2, 0.25) is 0 Å². The Morgan fingerprint density at radius 1 is 1.45 bits per heavy atom. The molecule has 1 aromatic heterocycles. The van der Waals surface area contributed by atoms with Crippen molar-refractivity contribution in [1.82, 2.24) is 10.0 Å². The van der Waals surface area contributed by atoms with Gasteiger partial charge in [0.15, 0.2) is 0 Å². The molecule has 2 rings (SSSR count). The number of carbonyl (C=O) groups excluding carboxylic acids is 1. The molecule has 0 spiro atoms. The van der Waals surface area contributed by atoms with Crippen LogP contribution in [0.5, 0.6) is 0 Å². The Bertz CT molecular complexity index is 598. The van der Waals surface area contributed by atoms with Crippen LogP contribution in [0.1, 0.15) is 21.1 Å². The second-order valence-corrected chi connectivity index (χ2v) is 6.21. The first-order valence-electron chi connectivity index (χ1n) is 6.07. The highest BCUT2D eigenvalue weighted by Gasteiger charge is 2.15. The van der Waals surface area contributed by atoms with E-state index in [1.807, 2.05) is 36.6 Å². The van der Waals surface area contributed by atoms with Gasteiger partial charge in [0.25, 0.3) is 5.91 Å². The molecule has 0 aliphatic heterocycles. The van der Waals surface area contributed by atoms with Gasteiger partial charge in [-0.05, 0) is 19.1 Å². The molecular formula is C14H16N2O2S2. The van der Waals surface area contributed by atoms with E-state index in [0.29, 0.717) is 5.56 Å². The van der Waals surface area contributed by atoms with E-state index in [1.54, 1.807) is 30.1 Å². The van der Waals surface area contributed by atoms with Crippen LogP contribution in [0, 0.1) is 6.92 Å². The number of hydrogen-bond donors (Lipinski definition) is 0. The summed E-state index contributed by atoms with van der Waals surface area (Å²) in [6.07, 6.45) is 0. The van der Waals surface area contributed by atoms with Gasteiger partial charge in [0, 0.05) is 23.1 Å². The quantitative estimate of drug-likeness (QED) is 0.627. The van der Waals surface area contributed by atoms with Gasteiger partial charge >= 0.3 is 0 Å². The van der Waals surface area contributed by atoms with Crippen LogP contribution in [0.4, 0.5) is 0 Å². The number of hydroxylamine groups is 2. The lowest BCUT2D eigenvalue weighted by molar-refractivity contribution is -0.0759. The second kappa shape index (κ2) is 6.88. The summed E-state index contributed by atoms with van der Waals surface area (Å²) in [6.45, 7) is 1.99. The van der Waals surface area contributed by atoms with Gasteiger partial charge in [0.1, 0.15) is 0 Å². The number of thiazole rings is 1. The molecule has 0 radical (unpaired) electrons. The first kappa shape index (κ1) is 15.0. The van der Waals surface area contributed by atoms with Crippen molar-refractivity contribution in [1.29, 1.82) is 0 Å². The monoisotopic (exact) mass is 308 g/mol. The number of hydrogen-bond acceptors (Lipinski definition) is 5. The number of thioether (sulfide) groups is 1. The summed E-state index contributed by atoms with van der Waals surface area (Å²) in [6, 6.07) is 7.54. The van der Waals surface area contributed by atoms with Crippen LogP contribution in [0.3, 0.4) is 0 Å². The first-order chi connectivity index (χ1) is 9.61. The Balaban J connectivity index is 2.13. The molecule has 0 aliphatic carbocycles. The molecule has 1 amide bonds. The molecule has 0 N–H and O–H groups in total. The average molecular weight is 308 g/mol. The van der Waals surface area contributed by atoms with Crippen molar-refractivity contribution in [3.63, 3.8) is 0 Å². The molecule has 0 saturated carbocycles. The SMILES string of the molecule is CON(C)C(=O)c1ccccc1SCc1csc(C)n1. The minimum atomic E-state index is -0.148. The maximum atomic E-state index is 12.2. The summed E-state index contributed by atoms with van der Waals surface area (Å²) >= 11 is 3.25. The molecule has 0 fully saturated rings. The third kappa shape index (κ3) is 3.59. The van der Waals surface area contributed by atoms with Gasteiger partial charge in [-0.15, -0.1) is 23.1 Å². The van der Waals surface area contributed by atoms with Gasteiger partial charge in [-0.25, -0.2) is 10.0 Å². The zero-order valence-corrected chi connectivity index (χ0v) is 13.3. The summed E-state index contributed by atoms with van der Waals surface area (Å²) in [5, 5.41) is 4.34. The number of rotatable bonds is 5. The predicted molar refractivity (Wildman–Crippen MR) is 82.0 cm³/mol. The fraction of sp³-hybridized carbons (Fsp3) is 0.286. The lowest BCUT2D eigenvalue weighted by Crippen LogP contribution is -2.25. The molecule has 0 aliphatic rings. The topological polar surface area (TPSA) is 42.4 Å². The third-order valence-corrected chi connectivity index (χ3v) is 4.65. The standard InChI is InChI=1S/C14H16N2O2S2/c1-10-15-11(8-19-10)9-20-13-7-5-4-6-12(13)14(17)16(2)18-3/h4-8H,9H2,1-3H3. The second-order valence-electron chi connectivity index (χ2n) is 4.13. The van der Waals surface area contributed by atoms with E-state index in [-0.39, 0.29) is 5.91 Å². The Kier molecular flexibility index (Phi) is 5.17. The molecule has 0 unspecified atom stereocenters. The van der Waals surface area contributed by atoms with Gasteiger partial charge in [-0.3, -0.25) is 9.63 Å². The van der Waals surface area contributed by atoms with E-state index in [1.165, 1.54) is 12.2 Å². The highest BCUT2D eigenvalue weighted by Crippen LogP contribution is 2.27. The highest BCUT2D eigenvalue weighted by atomic mass is 32.2. The minimum Gasteiger partial charge on any atom is -0.274 e. The van der Waals surface area contributed by atoms with Crippen LogP contribution < -0.4 is 0 Å². The predicted octanol–water partition coefficient (Wildman–Crippen LogP) is 3.38. The highest BCUT2D eigenvalue weighted by molar-refractivity contribution is 7.98. The smallest absolute Gasteiger partial charge is 0.274 e. The molecule has 2 aromatic rings. The number of benzene rings is 1. The number of nitrogens with zero attached hydrogens (tertiary/aromatic N) is 2. The van der Waals surface area contributed by atoms with Gasteiger partial charge in [-0.1, -0.05) is 12.1 Å². The molecule has 6 heteroatoms. The van der Waals surface area contributed by atoms with E-state index < -0.39 is 0 Å². The molecule has 106 valence electrons. The zero-order valence-electron chi connectivity index (χ0n) is 11.6. The van der Waals surface area contributed by atoms with Crippen molar-refractivity contribution in [3.8, 4) is 0 Å². The van der Waals surface area contributed by atoms with Crippen molar-refractivity contribution < 1.29 is 9.63 Å². The fourth-order valence-corrected chi connectivity index (χ4v) is 3.30. The summed E-state index contributed by atoms with van der Waals surface area (Å²) in [5.41, 5.74) is 1.69. The minimum absolute atomic E-state index is 0.148. The van der Waals surface area contributed by atoms with Crippen LogP contribution >= 0.6 is 23.1 Å². The molecule has 1 heterocycles.